The number of halogens is 2. The lowest BCUT2D eigenvalue weighted by atomic mass is 10.3. The quantitative estimate of drug-likeness (QED) is 0.797. The maximum absolute atomic E-state index is 12.2. The maximum atomic E-state index is 12.2. The van der Waals surface area contributed by atoms with Gasteiger partial charge in [-0.25, -0.2) is 4.98 Å². The molecule has 2 rings (SSSR count). The van der Waals surface area contributed by atoms with Crippen LogP contribution in [-0.4, -0.2) is 30.0 Å². The zero-order valence-electron chi connectivity index (χ0n) is 12.6. The molecule has 0 unspecified atom stereocenters. The van der Waals surface area contributed by atoms with Gasteiger partial charge in [-0.2, -0.15) is 0 Å². The molecule has 2 heterocycles. The van der Waals surface area contributed by atoms with Gasteiger partial charge in [0, 0.05) is 12.6 Å². The molecule has 122 valence electrons. The van der Waals surface area contributed by atoms with E-state index in [1.54, 1.807) is 0 Å². The van der Waals surface area contributed by atoms with Crippen molar-refractivity contribution in [2.45, 2.75) is 26.8 Å². The summed E-state index contributed by atoms with van der Waals surface area (Å²) in [4.78, 5) is 18.4. The second-order valence-corrected chi connectivity index (χ2v) is 7.42. The van der Waals surface area contributed by atoms with Gasteiger partial charge in [-0.1, -0.05) is 18.5 Å². The van der Waals surface area contributed by atoms with Crippen LogP contribution in [0.4, 0.5) is 0 Å². The van der Waals surface area contributed by atoms with Gasteiger partial charge < -0.3 is 10.6 Å². The molecular weight excluding hydrogens is 361 g/mol. The molecule has 0 aromatic carbocycles. The Labute approximate surface area is 149 Å². The van der Waals surface area contributed by atoms with Gasteiger partial charge in [0.25, 0.3) is 5.91 Å². The third-order valence-corrected chi connectivity index (χ3v) is 5.46. The molecule has 22 heavy (non-hydrogen) atoms. The van der Waals surface area contributed by atoms with E-state index in [9.17, 15) is 4.79 Å². The highest BCUT2D eigenvalue weighted by molar-refractivity contribution is 7.24. The normalized spacial score (nSPS) is 11.8. The van der Waals surface area contributed by atoms with E-state index in [0.717, 1.165) is 26.5 Å². The summed E-state index contributed by atoms with van der Waals surface area (Å²) in [5.41, 5.74) is 0.758. The lowest BCUT2D eigenvalue weighted by Gasteiger charge is -2.12. The number of rotatable bonds is 6. The SMILES string of the molecule is CCN[C@H](C)CNC(=O)c1sc(-c2ccc(Cl)s2)nc1C.Cl. The van der Waals surface area contributed by atoms with E-state index in [4.69, 9.17) is 11.6 Å². The van der Waals surface area contributed by atoms with Gasteiger partial charge in [-0.15, -0.1) is 35.1 Å². The molecule has 1 atom stereocenters. The average Bonchev–Trinajstić information content (AvgIpc) is 3.02. The Kier molecular flexibility index (Phi) is 7.79. The van der Waals surface area contributed by atoms with Gasteiger partial charge >= 0.3 is 0 Å². The number of thiazole rings is 1. The molecule has 0 aliphatic rings. The first-order valence-electron chi connectivity index (χ1n) is 6.76. The number of nitrogens with zero attached hydrogens (tertiary/aromatic N) is 1. The van der Waals surface area contributed by atoms with Gasteiger partial charge in [-0.05, 0) is 32.5 Å². The number of nitrogens with one attached hydrogen (secondary N) is 2. The van der Waals surface area contributed by atoms with E-state index >= 15 is 0 Å². The van der Waals surface area contributed by atoms with Gasteiger partial charge in [-0.3, -0.25) is 4.79 Å². The molecule has 0 aliphatic heterocycles. The number of hydrogen-bond acceptors (Lipinski definition) is 5. The predicted octanol–water partition coefficient (Wildman–Crippen LogP) is 3.98. The molecule has 1 amide bonds. The third-order valence-electron chi connectivity index (χ3n) is 2.91. The summed E-state index contributed by atoms with van der Waals surface area (Å²) in [6.45, 7) is 7.44. The molecule has 0 saturated carbocycles. The molecule has 0 fully saturated rings. The van der Waals surface area contributed by atoms with Crippen molar-refractivity contribution in [3.63, 3.8) is 0 Å². The summed E-state index contributed by atoms with van der Waals surface area (Å²) in [5.74, 6) is -0.0661. The maximum Gasteiger partial charge on any atom is 0.263 e. The topological polar surface area (TPSA) is 54.0 Å². The fraction of sp³-hybridized carbons (Fsp3) is 0.429. The Morgan fingerprint density at radius 3 is 2.73 bits per heavy atom. The second kappa shape index (κ2) is 8.84. The van der Waals surface area contributed by atoms with Crippen molar-refractivity contribution in [3.05, 3.63) is 27.0 Å². The zero-order valence-corrected chi connectivity index (χ0v) is 15.8. The Morgan fingerprint density at radius 2 is 2.14 bits per heavy atom. The number of carbonyl (C=O) groups excluding carboxylic acids is 1. The van der Waals surface area contributed by atoms with Gasteiger partial charge in [0.1, 0.15) is 9.88 Å². The summed E-state index contributed by atoms with van der Waals surface area (Å²) in [6.07, 6.45) is 0. The molecule has 2 N–H and O–H groups in total. The van der Waals surface area contributed by atoms with Crippen LogP contribution in [-0.2, 0) is 0 Å². The van der Waals surface area contributed by atoms with Gasteiger partial charge in [0.2, 0.25) is 0 Å². The highest BCUT2D eigenvalue weighted by Crippen LogP contribution is 2.34. The Morgan fingerprint density at radius 1 is 1.41 bits per heavy atom. The smallest absolute Gasteiger partial charge is 0.263 e. The standard InChI is InChI=1S/C14H18ClN3OS2.ClH/c1-4-16-8(2)7-17-13(19)12-9(3)18-14(21-12)10-5-6-11(15)20-10;/h5-6,8,16H,4,7H2,1-3H3,(H,17,19);1H/t8-;/m1./s1. The van der Waals surface area contributed by atoms with Crippen LogP contribution in [0.25, 0.3) is 9.88 Å². The number of aromatic nitrogens is 1. The first-order valence-corrected chi connectivity index (χ1v) is 8.77. The van der Waals surface area contributed by atoms with Crippen LogP contribution in [0.2, 0.25) is 4.34 Å². The fourth-order valence-electron chi connectivity index (χ4n) is 1.89. The summed E-state index contributed by atoms with van der Waals surface area (Å²) in [5, 5.41) is 7.04. The number of amides is 1. The molecule has 2 aromatic heterocycles. The lowest BCUT2D eigenvalue weighted by molar-refractivity contribution is 0.0953. The highest BCUT2D eigenvalue weighted by atomic mass is 35.5. The van der Waals surface area contributed by atoms with Crippen molar-refractivity contribution in [2.75, 3.05) is 13.1 Å². The van der Waals surface area contributed by atoms with E-state index < -0.39 is 0 Å². The lowest BCUT2D eigenvalue weighted by Crippen LogP contribution is -2.38. The van der Waals surface area contributed by atoms with Crippen LogP contribution >= 0.6 is 46.7 Å². The zero-order chi connectivity index (χ0) is 15.4. The predicted molar refractivity (Wildman–Crippen MR) is 97.9 cm³/mol. The molecule has 0 aliphatic carbocycles. The van der Waals surface area contributed by atoms with Crippen LogP contribution in [0, 0.1) is 6.92 Å². The minimum atomic E-state index is -0.0661. The van der Waals surface area contributed by atoms with Crippen molar-refractivity contribution < 1.29 is 4.79 Å². The van der Waals surface area contributed by atoms with Crippen molar-refractivity contribution >= 4 is 52.6 Å². The van der Waals surface area contributed by atoms with Crippen LogP contribution in [0.1, 0.15) is 29.2 Å². The fourth-order valence-corrected chi connectivity index (χ4v) is 3.97. The molecule has 0 saturated heterocycles. The first-order chi connectivity index (χ1) is 10.0. The largest absolute Gasteiger partial charge is 0.350 e. The number of aryl methyl sites for hydroxylation is 1. The molecule has 0 spiro atoms. The molecular formula is C14H19Cl2N3OS2. The van der Waals surface area contributed by atoms with Crippen molar-refractivity contribution in [2.24, 2.45) is 0 Å². The van der Waals surface area contributed by atoms with Crippen LogP contribution in [0.15, 0.2) is 12.1 Å². The summed E-state index contributed by atoms with van der Waals surface area (Å²) in [6, 6.07) is 4.03. The van der Waals surface area contributed by atoms with Crippen LogP contribution < -0.4 is 10.6 Å². The Bertz CT molecular complexity index is 627. The number of carbonyl (C=O) groups is 1. The molecule has 4 nitrogen and oxygen atoms in total. The minimum absolute atomic E-state index is 0. The molecule has 8 heteroatoms. The van der Waals surface area contributed by atoms with Crippen molar-refractivity contribution in [1.29, 1.82) is 0 Å². The van der Waals surface area contributed by atoms with E-state index in [1.807, 2.05) is 32.9 Å². The van der Waals surface area contributed by atoms with Crippen LogP contribution in [0.3, 0.4) is 0 Å². The minimum Gasteiger partial charge on any atom is -0.350 e. The second-order valence-electron chi connectivity index (χ2n) is 4.71. The first kappa shape index (κ1) is 19.4. The van der Waals surface area contributed by atoms with E-state index in [-0.39, 0.29) is 24.4 Å². The van der Waals surface area contributed by atoms with E-state index in [2.05, 4.69) is 15.6 Å². The molecule has 2 aromatic rings. The summed E-state index contributed by atoms with van der Waals surface area (Å²) >= 11 is 8.82. The number of thiophene rings is 1. The summed E-state index contributed by atoms with van der Waals surface area (Å²) in [7, 11) is 0. The van der Waals surface area contributed by atoms with E-state index in [0.29, 0.717) is 11.4 Å². The van der Waals surface area contributed by atoms with Crippen molar-refractivity contribution in [1.82, 2.24) is 15.6 Å². The average molecular weight is 380 g/mol. The molecule has 0 bridgehead atoms. The van der Waals surface area contributed by atoms with Gasteiger partial charge in [0.15, 0.2) is 0 Å². The third kappa shape index (κ3) is 4.93. The Balaban J connectivity index is 0.00000242. The van der Waals surface area contributed by atoms with Crippen LogP contribution in [0.5, 0.6) is 0 Å². The van der Waals surface area contributed by atoms with E-state index in [1.165, 1.54) is 22.7 Å². The monoisotopic (exact) mass is 379 g/mol. The number of hydrogen-bond donors (Lipinski definition) is 2. The number of likely N-dealkylation sites (N-methyl/N-ethyl adjacent to an activating group) is 1. The van der Waals surface area contributed by atoms with Gasteiger partial charge in [0.05, 0.1) is 14.9 Å². The summed E-state index contributed by atoms with van der Waals surface area (Å²) < 4.78 is 0.725. The highest BCUT2D eigenvalue weighted by Gasteiger charge is 2.17. The molecule has 0 radical (unpaired) electrons. The van der Waals surface area contributed by atoms with Crippen molar-refractivity contribution in [3.8, 4) is 9.88 Å². The Hall–Kier alpha value is -0.660.